The first-order valence-electron chi connectivity index (χ1n) is 17.5. The minimum atomic E-state index is -0.312. The van der Waals surface area contributed by atoms with Crippen molar-refractivity contribution in [2.24, 2.45) is 0 Å². The van der Waals surface area contributed by atoms with Crippen molar-refractivity contribution in [3.63, 3.8) is 0 Å². The van der Waals surface area contributed by atoms with Gasteiger partial charge in [-0.15, -0.1) is 0 Å². The molecule has 0 bridgehead atoms. The molecule has 8 aromatic rings. The van der Waals surface area contributed by atoms with Gasteiger partial charge >= 0.3 is 0 Å². The van der Waals surface area contributed by atoms with E-state index < -0.39 is 0 Å². The van der Waals surface area contributed by atoms with Gasteiger partial charge in [0.05, 0.1) is 24.0 Å². The number of nitriles is 1. The third kappa shape index (κ3) is 5.44. The topological polar surface area (TPSA) is 66.8 Å². The molecule has 0 atom stereocenters. The maximum absolute atomic E-state index is 9.64. The number of benzene rings is 6. The number of fused-ring (bicyclic) bond motifs is 5. The Hall–Kier alpha value is -7.21. The molecule has 0 fully saturated rings. The van der Waals surface area contributed by atoms with Gasteiger partial charge in [-0.3, -0.25) is 4.98 Å². The molecule has 5 nitrogen and oxygen atoms in total. The standard InChI is InChI=1S/C48H31N5/c1-48(2)40-19-17-34-21-30(28-49)22-44(50-3)45(34)46(40)39-18-16-33(26-41(39)48)36-23-37(35-15-10-20-51-29-35)25-38(24-36)43-27-42(31-11-6-4-7-12-31)52-47(53-43)32-13-8-5-9-14-32/h4-27,29H,1-2H3. The zero-order valence-electron chi connectivity index (χ0n) is 29.2. The molecule has 0 spiro atoms. The van der Waals surface area contributed by atoms with Crippen molar-refractivity contribution in [1.82, 2.24) is 15.0 Å². The Labute approximate surface area is 308 Å². The highest BCUT2D eigenvalue weighted by atomic mass is 14.9. The summed E-state index contributed by atoms with van der Waals surface area (Å²) < 4.78 is 0. The van der Waals surface area contributed by atoms with Crippen LogP contribution in [0.3, 0.4) is 0 Å². The highest BCUT2D eigenvalue weighted by Crippen LogP contribution is 2.54. The van der Waals surface area contributed by atoms with Crippen LogP contribution in [-0.4, -0.2) is 15.0 Å². The van der Waals surface area contributed by atoms with E-state index in [2.05, 4.69) is 103 Å². The first-order valence-corrected chi connectivity index (χ1v) is 17.5. The summed E-state index contributed by atoms with van der Waals surface area (Å²) in [5.74, 6) is 0.667. The van der Waals surface area contributed by atoms with Crippen molar-refractivity contribution in [2.45, 2.75) is 19.3 Å². The molecule has 0 aliphatic heterocycles. The molecule has 0 unspecified atom stereocenters. The molecule has 248 valence electrons. The Kier molecular flexibility index (Phi) is 7.51. The zero-order chi connectivity index (χ0) is 36.1. The largest absolute Gasteiger partial charge is 0.264 e. The average Bonchev–Trinajstić information content (AvgIpc) is 3.46. The van der Waals surface area contributed by atoms with Crippen molar-refractivity contribution < 1.29 is 0 Å². The predicted octanol–water partition coefficient (Wildman–Crippen LogP) is 12.1. The molecule has 1 aliphatic carbocycles. The molecular weight excluding hydrogens is 647 g/mol. The molecule has 5 heteroatoms. The van der Waals surface area contributed by atoms with E-state index in [-0.39, 0.29) is 5.41 Å². The number of hydrogen-bond acceptors (Lipinski definition) is 4. The number of rotatable bonds is 5. The van der Waals surface area contributed by atoms with Gasteiger partial charge in [0.25, 0.3) is 0 Å². The van der Waals surface area contributed by atoms with Crippen LogP contribution >= 0.6 is 0 Å². The molecule has 53 heavy (non-hydrogen) atoms. The zero-order valence-corrected chi connectivity index (χ0v) is 29.2. The van der Waals surface area contributed by atoms with Crippen LogP contribution in [0.5, 0.6) is 0 Å². The summed E-state index contributed by atoms with van der Waals surface area (Å²) >= 11 is 0. The molecule has 0 radical (unpaired) electrons. The Morgan fingerprint density at radius 2 is 1.28 bits per heavy atom. The van der Waals surface area contributed by atoms with Crippen molar-refractivity contribution in [2.75, 3.05) is 0 Å². The molecule has 9 rings (SSSR count). The van der Waals surface area contributed by atoms with E-state index in [9.17, 15) is 5.26 Å². The number of hydrogen-bond donors (Lipinski definition) is 0. The number of aromatic nitrogens is 3. The minimum absolute atomic E-state index is 0.312. The lowest BCUT2D eigenvalue weighted by Crippen LogP contribution is -2.15. The van der Waals surface area contributed by atoms with Crippen molar-refractivity contribution in [1.29, 1.82) is 5.26 Å². The summed E-state index contributed by atoms with van der Waals surface area (Å²) in [6.45, 7) is 12.5. The average molecular weight is 678 g/mol. The minimum Gasteiger partial charge on any atom is -0.264 e. The molecule has 6 aromatic carbocycles. The van der Waals surface area contributed by atoms with E-state index in [1.54, 1.807) is 12.3 Å². The first kappa shape index (κ1) is 31.7. The lowest BCUT2D eigenvalue weighted by molar-refractivity contribution is 0.661. The van der Waals surface area contributed by atoms with Crippen LogP contribution < -0.4 is 0 Å². The Morgan fingerprint density at radius 3 is 1.98 bits per heavy atom. The van der Waals surface area contributed by atoms with Gasteiger partial charge in [-0.2, -0.15) is 5.26 Å². The van der Waals surface area contributed by atoms with E-state index in [0.717, 1.165) is 72.2 Å². The van der Waals surface area contributed by atoms with Crippen molar-refractivity contribution in [3.8, 4) is 73.4 Å². The van der Waals surface area contributed by atoms with E-state index in [4.69, 9.17) is 16.5 Å². The van der Waals surface area contributed by atoms with Crippen LogP contribution in [-0.2, 0) is 5.41 Å². The van der Waals surface area contributed by atoms with Gasteiger partial charge in [0, 0.05) is 45.6 Å². The molecule has 2 heterocycles. The number of nitrogens with zero attached hydrogens (tertiary/aromatic N) is 5. The molecule has 0 saturated heterocycles. The second kappa shape index (κ2) is 12.5. The van der Waals surface area contributed by atoms with Gasteiger partial charge < -0.3 is 0 Å². The maximum Gasteiger partial charge on any atom is 0.196 e. The lowest BCUT2D eigenvalue weighted by atomic mass is 9.81. The van der Waals surface area contributed by atoms with Gasteiger partial charge in [-0.25, -0.2) is 14.8 Å². The van der Waals surface area contributed by atoms with Crippen LogP contribution in [0.4, 0.5) is 5.69 Å². The molecule has 0 saturated carbocycles. The van der Waals surface area contributed by atoms with Gasteiger partial charge in [0.15, 0.2) is 11.5 Å². The molecule has 2 aromatic heterocycles. The van der Waals surface area contributed by atoms with Crippen LogP contribution in [0.15, 0.2) is 152 Å². The lowest BCUT2D eigenvalue weighted by Gasteiger charge is -2.22. The molecule has 0 N–H and O–H groups in total. The summed E-state index contributed by atoms with van der Waals surface area (Å²) in [6, 6.07) is 49.8. The third-order valence-electron chi connectivity index (χ3n) is 10.4. The SMILES string of the molecule is [C-]#[N+]c1cc(C#N)cc2ccc3c(c12)-c1ccc(-c2cc(-c4cccnc4)cc(-c4cc(-c5ccccc5)nc(-c5ccccc5)n4)c2)cc1C3(C)C. The molecule has 0 amide bonds. The van der Waals surface area contributed by atoms with E-state index in [1.807, 2.05) is 66.9 Å². The summed E-state index contributed by atoms with van der Waals surface area (Å²) in [5.41, 5.74) is 14.1. The van der Waals surface area contributed by atoms with E-state index >= 15 is 0 Å². The quantitative estimate of drug-likeness (QED) is 0.170. The van der Waals surface area contributed by atoms with Gasteiger partial charge in [0.2, 0.25) is 0 Å². The summed E-state index contributed by atoms with van der Waals surface area (Å²) in [5, 5.41) is 11.5. The summed E-state index contributed by atoms with van der Waals surface area (Å²) in [6.07, 6.45) is 3.69. The van der Waals surface area contributed by atoms with Crippen LogP contribution in [0.2, 0.25) is 0 Å². The number of pyridine rings is 1. The van der Waals surface area contributed by atoms with Crippen LogP contribution in [0.25, 0.3) is 82.9 Å². The van der Waals surface area contributed by atoms with Crippen molar-refractivity contribution >= 4 is 16.5 Å². The monoisotopic (exact) mass is 677 g/mol. The second-order valence-electron chi connectivity index (χ2n) is 13.9. The predicted molar refractivity (Wildman–Crippen MR) is 213 cm³/mol. The van der Waals surface area contributed by atoms with E-state index in [1.165, 1.54) is 11.1 Å². The fourth-order valence-corrected chi connectivity index (χ4v) is 7.71. The fourth-order valence-electron chi connectivity index (χ4n) is 7.71. The van der Waals surface area contributed by atoms with Gasteiger partial charge in [-0.1, -0.05) is 105 Å². The van der Waals surface area contributed by atoms with E-state index in [0.29, 0.717) is 17.1 Å². The van der Waals surface area contributed by atoms with Crippen LogP contribution in [0.1, 0.15) is 30.5 Å². The molecule has 1 aliphatic rings. The Morgan fingerprint density at radius 1 is 0.604 bits per heavy atom. The Balaban J connectivity index is 1.25. The van der Waals surface area contributed by atoms with Gasteiger partial charge in [0.1, 0.15) is 0 Å². The molecular formula is C48H31N5. The summed E-state index contributed by atoms with van der Waals surface area (Å²) in [7, 11) is 0. The van der Waals surface area contributed by atoms with Crippen molar-refractivity contribution in [3.05, 3.63) is 180 Å². The summed E-state index contributed by atoms with van der Waals surface area (Å²) in [4.78, 5) is 18.5. The highest BCUT2D eigenvalue weighted by molar-refractivity contribution is 6.10. The normalized spacial score (nSPS) is 12.5. The van der Waals surface area contributed by atoms with Gasteiger partial charge in [-0.05, 0) is 98.2 Å². The highest BCUT2D eigenvalue weighted by Gasteiger charge is 2.37. The Bertz CT molecular complexity index is 2750. The van der Waals surface area contributed by atoms with Crippen LogP contribution in [0, 0.1) is 17.9 Å². The maximum atomic E-state index is 9.64. The smallest absolute Gasteiger partial charge is 0.196 e. The second-order valence-corrected chi connectivity index (χ2v) is 13.9. The fraction of sp³-hybridized carbons (Fsp3) is 0.0625. The third-order valence-corrected chi connectivity index (χ3v) is 10.4. The first-order chi connectivity index (χ1) is 25.9.